The molecule has 0 unspecified atom stereocenters. The van der Waals surface area contributed by atoms with Gasteiger partial charge < -0.3 is 10.6 Å². The van der Waals surface area contributed by atoms with Crippen molar-refractivity contribution in [2.24, 2.45) is 0 Å². The molecule has 5 nitrogen and oxygen atoms in total. The summed E-state index contributed by atoms with van der Waals surface area (Å²) in [6, 6.07) is 5.10. The molecule has 94 valence electrons. The highest BCUT2D eigenvalue weighted by atomic mass is 35.5. The first kappa shape index (κ1) is 12.9. The van der Waals surface area contributed by atoms with Gasteiger partial charge in [-0.3, -0.25) is 0 Å². The smallest absolute Gasteiger partial charge is 0.230 e. The van der Waals surface area contributed by atoms with Gasteiger partial charge in [-0.1, -0.05) is 23.2 Å². The number of nitrogen functional groups attached to an aromatic ring is 1. The second-order valence-corrected chi connectivity index (χ2v) is 4.68. The van der Waals surface area contributed by atoms with Crippen LogP contribution in [0.25, 0.3) is 11.4 Å². The Hall–Kier alpha value is -1.59. The van der Waals surface area contributed by atoms with Gasteiger partial charge in [-0.15, -0.1) is 0 Å². The predicted octanol–water partition coefficient (Wildman–Crippen LogP) is 2.49. The molecular weight excluding hydrogens is 273 g/mol. The van der Waals surface area contributed by atoms with E-state index in [0.29, 0.717) is 27.4 Å². The second-order valence-electron chi connectivity index (χ2n) is 3.84. The first-order valence-electron chi connectivity index (χ1n) is 5.11. The molecule has 1 heterocycles. The molecule has 0 saturated heterocycles. The lowest BCUT2D eigenvalue weighted by Gasteiger charge is -2.12. The van der Waals surface area contributed by atoms with E-state index in [1.807, 2.05) is 14.1 Å². The van der Waals surface area contributed by atoms with Crippen LogP contribution in [-0.2, 0) is 0 Å². The molecular formula is C11H11Cl2N5. The van der Waals surface area contributed by atoms with Gasteiger partial charge in [-0.25, -0.2) is 0 Å². The highest BCUT2D eigenvalue weighted by molar-refractivity contribution is 6.36. The zero-order valence-corrected chi connectivity index (χ0v) is 11.4. The lowest BCUT2D eigenvalue weighted by Crippen LogP contribution is -2.15. The Morgan fingerprint density at radius 1 is 1.11 bits per heavy atom. The van der Waals surface area contributed by atoms with Crippen LogP contribution in [-0.4, -0.2) is 29.0 Å². The predicted molar refractivity (Wildman–Crippen MR) is 74.0 cm³/mol. The fourth-order valence-electron chi connectivity index (χ4n) is 1.37. The molecule has 7 heteroatoms. The molecule has 0 radical (unpaired) electrons. The van der Waals surface area contributed by atoms with Crippen molar-refractivity contribution >= 4 is 35.1 Å². The van der Waals surface area contributed by atoms with Crippen molar-refractivity contribution in [2.75, 3.05) is 24.7 Å². The summed E-state index contributed by atoms with van der Waals surface area (Å²) >= 11 is 12.0. The lowest BCUT2D eigenvalue weighted by molar-refractivity contribution is 0.970. The van der Waals surface area contributed by atoms with Gasteiger partial charge in [0.2, 0.25) is 11.9 Å². The van der Waals surface area contributed by atoms with E-state index >= 15 is 0 Å². The molecule has 0 atom stereocenters. The number of halogens is 2. The fourth-order valence-corrected chi connectivity index (χ4v) is 1.86. The van der Waals surface area contributed by atoms with Crippen LogP contribution >= 0.6 is 23.2 Å². The maximum atomic E-state index is 6.11. The molecule has 0 aliphatic rings. The Bertz CT molecular complexity index is 586. The van der Waals surface area contributed by atoms with Crippen molar-refractivity contribution in [2.45, 2.75) is 0 Å². The summed E-state index contributed by atoms with van der Waals surface area (Å²) in [7, 11) is 3.64. The minimum absolute atomic E-state index is 0.148. The third-order valence-corrected chi connectivity index (χ3v) is 2.76. The number of nitrogens with two attached hydrogens (primary N) is 1. The minimum Gasteiger partial charge on any atom is -0.368 e. The van der Waals surface area contributed by atoms with Gasteiger partial charge in [0, 0.05) is 24.7 Å². The number of aromatic nitrogens is 3. The van der Waals surface area contributed by atoms with E-state index in [4.69, 9.17) is 28.9 Å². The first-order chi connectivity index (χ1) is 8.47. The van der Waals surface area contributed by atoms with Crippen LogP contribution in [0.2, 0.25) is 10.0 Å². The molecule has 0 spiro atoms. The topological polar surface area (TPSA) is 67.9 Å². The Kier molecular flexibility index (Phi) is 3.54. The summed E-state index contributed by atoms with van der Waals surface area (Å²) in [6.45, 7) is 0. The number of hydrogen-bond donors (Lipinski definition) is 1. The van der Waals surface area contributed by atoms with Crippen LogP contribution in [0.1, 0.15) is 0 Å². The molecule has 0 fully saturated rings. The third kappa shape index (κ3) is 2.63. The molecule has 2 aromatic rings. The second kappa shape index (κ2) is 4.96. The van der Waals surface area contributed by atoms with Gasteiger partial charge in [0.1, 0.15) is 0 Å². The summed E-state index contributed by atoms with van der Waals surface area (Å²) < 4.78 is 0. The normalized spacial score (nSPS) is 10.4. The van der Waals surface area contributed by atoms with E-state index < -0.39 is 0 Å². The molecule has 0 aliphatic heterocycles. The first-order valence-corrected chi connectivity index (χ1v) is 5.87. The van der Waals surface area contributed by atoms with Crippen LogP contribution in [0.3, 0.4) is 0 Å². The van der Waals surface area contributed by atoms with Crippen molar-refractivity contribution < 1.29 is 0 Å². The molecule has 0 amide bonds. The van der Waals surface area contributed by atoms with Gasteiger partial charge in [0.05, 0.1) is 5.02 Å². The van der Waals surface area contributed by atoms with Crippen LogP contribution < -0.4 is 10.6 Å². The van der Waals surface area contributed by atoms with Crippen LogP contribution in [0, 0.1) is 0 Å². The molecule has 1 aromatic carbocycles. The Morgan fingerprint density at radius 2 is 1.83 bits per heavy atom. The number of anilines is 2. The summed E-state index contributed by atoms with van der Waals surface area (Å²) in [4.78, 5) is 14.1. The number of rotatable bonds is 2. The standard InChI is InChI=1S/C11H11Cl2N5/c1-18(2)11-16-9(15-10(14)17-11)7-4-3-6(12)5-8(7)13/h3-5H,1-2H3,(H2,14,15,16,17). The van der Waals surface area contributed by atoms with Crippen molar-refractivity contribution in [3.8, 4) is 11.4 Å². The highest BCUT2D eigenvalue weighted by Gasteiger charge is 2.11. The zero-order valence-electron chi connectivity index (χ0n) is 9.85. The van der Waals surface area contributed by atoms with Crippen LogP contribution in [0.5, 0.6) is 0 Å². The maximum absolute atomic E-state index is 6.11. The highest BCUT2D eigenvalue weighted by Crippen LogP contribution is 2.28. The average molecular weight is 284 g/mol. The monoisotopic (exact) mass is 283 g/mol. The Labute approximate surface area is 115 Å². The Balaban J connectivity index is 2.56. The van der Waals surface area contributed by atoms with Crippen LogP contribution in [0.4, 0.5) is 11.9 Å². The van der Waals surface area contributed by atoms with Crippen LogP contribution in [0.15, 0.2) is 18.2 Å². The van der Waals surface area contributed by atoms with Gasteiger partial charge in [-0.2, -0.15) is 15.0 Å². The van der Waals surface area contributed by atoms with E-state index in [2.05, 4.69) is 15.0 Å². The quantitative estimate of drug-likeness (QED) is 0.917. The van der Waals surface area contributed by atoms with Gasteiger partial charge >= 0.3 is 0 Å². The van der Waals surface area contributed by atoms with E-state index in [-0.39, 0.29) is 5.95 Å². The number of benzene rings is 1. The summed E-state index contributed by atoms with van der Waals surface area (Å²) in [5.74, 6) is 1.05. The van der Waals surface area contributed by atoms with E-state index in [0.717, 1.165) is 0 Å². The largest absolute Gasteiger partial charge is 0.368 e. The van der Waals surface area contributed by atoms with Crippen molar-refractivity contribution in [3.05, 3.63) is 28.2 Å². The molecule has 1 aromatic heterocycles. The molecule has 0 bridgehead atoms. The average Bonchev–Trinajstić information content (AvgIpc) is 2.27. The zero-order chi connectivity index (χ0) is 13.3. The molecule has 2 N–H and O–H groups in total. The summed E-state index contributed by atoms with van der Waals surface area (Å²) in [6.07, 6.45) is 0. The van der Waals surface area contributed by atoms with Gasteiger partial charge in [0.15, 0.2) is 5.82 Å². The summed E-state index contributed by atoms with van der Waals surface area (Å²) in [5, 5.41) is 1.02. The fraction of sp³-hybridized carbons (Fsp3) is 0.182. The maximum Gasteiger partial charge on any atom is 0.230 e. The third-order valence-electron chi connectivity index (χ3n) is 2.21. The van der Waals surface area contributed by atoms with E-state index in [1.165, 1.54) is 0 Å². The lowest BCUT2D eigenvalue weighted by atomic mass is 10.2. The van der Waals surface area contributed by atoms with Crippen molar-refractivity contribution in [3.63, 3.8) is 0 Å². The SMILES string of the molecule is CN(C)c1nc(N)nc(-c2ccc(Cl)cc2Cl)n1. The van der Waals surface area contributed by atoms with Gasteiger partial charge in [0.25, 0.3) is 0 Å². The Morgan fingerprint density at radius 3 is 2.44 bits per heavy atom. The van der Waals surface area contributed by atoms with Gasteiger partial charge in [-0.05, 0) is 18.2 Å². The van der Waals surface area contributed by atoms with E-state index in [9.17, 15) is 0 Å². The minimum atomic E-state index is 0.148. The summed E-state index contributed by atoms with van der Waals surface area (Å²) in [5.41, 5.74) is 6.32. The molecule has 0 aliphatic carbocycles. The number of hydrogen-bond acceptors (Lipinski definition) is 5. The van der Waals surface area contributed by atoms with Crippen molar-refractivity contribution in [1.82, 2.24) is 15.0 Å². The number of nitrogens with zero attached hydrogens (tertiary/aromatic N) is 4. The van der Waals surface area contributed by atoms with Crippen molar-refractivity contribution in [1.29, 1.82) is 0 Å². The van der Waals surface area contributed by atoms with E-state index in [1.54, 1.807) is 23.1 Å². The molecule has 2 rings (SSSR count). The molecule has 18 heavy (non-hydrogen) atoms. The molecule has 0 saturated carbocycles.